The molecular formula is C26H36N2O5S. The van der Waals surface area contributed by atoms with Gasteiger partial charge in [0.15, 0.2) is 0 Å². The number of morpholine rings is 1. The molecule has 7 nitrogen and oxygen atoms in total. The zero-order valence-corrected chi connectivity index (χ0v) is 21.0. The predicted molar refractivity (Wildman–Crippen MR) is 130 cm³/mol. The van der Waals surface area contributed by atoms with Crippen LogP contribution in [0.25, 0.3) is 6.08 Å². The van der Waals surface area contributed by atoms with E-state index in [4.69, 9.17) is 9.47 Å². The number of carbonyl (C=O) groups excluding carboxylic acids is 1. The van der Waals surface area contributed by atoms with Crippen molar-refractivity contribution in [3.05, 3.63) is 29.8 Å². The first-order chi connectivity index (χ1) is 16.3. The molecule has 186 valence electrons. The van der Waals surface area contributed by atoms with Crippen LogP contribution in [0.5, 0.6) is 5.75 Å². The summed E-state index contributed by atoms with van der Waals surface area (Å²) in [5, 5.41) is 3.24. The van der Waals surface area contributed by atoms with Crippen molar-refractivity contribution in [1.29, 1.82) is 0 Å². The Morgan fingerprint density at radius 3 is 2.35 bits per heavy atom. The van der Waals surface area contributed by atoms with Gasteiger partial charge >= 0.3 is 0 Å². The molecule has 1 atom stereocenters. The highest BCUT2D eigenvalue weighted by molar-refractivity contribution is 7.89. The fourth-order valence-electron chi connectivity index (χ4n) is 7.22. The van der Waals surface area contributed by atoms with E-state index < -0.39 is 10.0 Å². The van der Waals surface area contributed by atoms with Gasteiger partial charge in [0.2, 0.25) is 15.9 Å². The van der Waals surface area contributed by atoms with Gasteiger partial charge < -0.3 is 14.8 Å². The molecule has 8 heteroatoms. The van der Waals surface area contributed by atoms with Crippen molar-refractivity contribution in [2.24, 2.45) is 23.2 Å². The summed E-state index contributed by atoms with van der Waals surface area (Å²) in [5.74, 6) is 2.69. The van der Waals surface area contributed by atoms with Gasteiger partial charge in [-0.15, -0.1) is 0 Å². The Balaban J connectivity index is 1.28. The first kappa shape index (κ1) is 23.8. The summed E-state index contributed by atoms with van der Waals surface area (Å²) < 4.78 is 38.4. The number of rotatable bonds is 7. The second kappa shape index (κ2) is 9.28. The molecule has 1 saturated heterocycles. The summed E-state index contributed by atoms with van der Waals surface area (Å²) in [6, 6.07) is 5.13. The Morgan fingerprint density at radius 2 is 1.76 bits per heavy atom. The fraction of sp³-hybridized carbons (Fsp3) is 0.654. The molecule has 1 aliphatic heterocycles. The number of nitrogens with zero attached hydrogens (tertiary/aromatic N) is 1. The topological polar surface area (TPSA) is 84.9 Å². The highest BCUT2D eigenvalue weighted by atomic mass is 32.2. The Morgan fingerprint density at radius 1 is 1.15 bits per heavy atom. The number of ether oxygens (including phenoxy) is 2. The molecule has 1 heterocycles. The van der Waals surface area contributed by atoms with E-state index in [0.29, 0.717) is 37.6 Å². The lowest BCUT2D eigenvalue weighted by Crippen LogP contribution is -2.55. The highest BCUT2D eigenvalue weighted by Crippen LogP contribution is 2.61. The molecule has 6 rings (SSSR count). The summed E-state index contributed by atoms with van der Waals surface area (Å²) in [4.78, 5) is 12.9. The number of benzene rings is 1. The smallest absolute Gasteiger partial charge is 0.246 e. The molecule has 1 aromatic carbocycles. The van der Waals surface area contributed by atoms with Crippen molar-refractivity contribution < 1.29 is 22.7 Å². The molecule has 0 aromatic heterocycles. The monoisotopic (exact) mass is 488 g/mol. The summed E-state index contributed by atoms with van der Waals surface area (Å²) in [6.07, 6.45) is 11.1. The molecule has 4 saturated carbocycles. The van der Waals surface area contributed by atoms with Crippen LogP contribution in [0.2, 0.25) is 0 Å². The van der Waals surface area contributed by atoms with Gasteiger partial charge in [0.05, 0.1) is 20.3 Å². The minimum Gasteiger partial charge on any atom is -0.495 e. The van der Waals surface area contributed by atoms with E-state index in [1.807, 2.05) is 0 Å². The standard InChI is InChI=1S/C26H36N2O5S/c1-18(26-15-20-11-21(16-26)13-22(12-20)17-26)27-25(29)6-4-19-3-5-23(32-2)24(14-19)34(30,31)28-7-9-33-10-8-28/h3-6,14,18,20-22H,7-13,15-17H2,1-2H3,(H,27,29). The molecule has 5 aliphatic rings. The van der Waals surface area contributed by atoms with Crippen LogP contribution in [0.15, 0.2) is 29.2 Å². The quantitative estimate of drug-likeness (QED) is 0.595. The second-order valence-electron chi connectivity index (χ2n) is 10.8. The molecule has 1 unspecified atom stereocenters. The van der Waals surface area contributed by atoms with Crippen LogP contribution < -0.4 is 10.1 Å². The van der Waals surface area contributed by atoms with E-state index >= 15 is 0 Å². The molecular weight excluding hydrogens is 452 g/mol. The SMILES string of the molecule is COc1ccc(C=CC(=O)NC(C)C23CC4CC(CC(C4)C2)C3)cc1S(=O)(=O)N1CCOCC1. The molecule has 5 fully saturated rings. The zero-order valence-electron chi connectivity index (χ0n) is 20.2. The maximum atomic E-state index is 13.2. The first-order valence-electron chi connectivity index (χ1n) is 12.5. The lowest BCUT2D eigenvalue weighted by molar-refractivity contribution is -0.121. The maximum Gasteiger partial charge on any atom is 0.246 e. The number of sulfonamides is 1. The van der Waals surface area contributed by atoms with Crippen LogP contribution in [0, 0.1) is 23.2 Å². The van der Waals surface area contributed by atoms with Gasteiger partial charge in [-0.2, -0.15) is 4.31 Å². The molecule has 1 aromatic rings. The molecule has 1 amide bonds. The van der Waals surface area contributed by atoms with Crippen molar-refractivity contribution in [2.75, 3.05) is 33.4 Å². The molecule has 34 heavy (non-hydrogen) atoms. The van der Waals surface area contributed by atoms with Crippen molar-refractivity contribution in [3.8, 4) is 5.75 Å². The van der Waals surface area contributed by atoms with Gasteiger partial charge in [0, 0.05) is 25.2 Å². The molecule has 1 N–H and O–H groups in total. The van der Waals surface area contributed by atoms with Gasteiger partial charge in [-0.1, -0.05) is 6.07 Å². The Kier molecular flexibility index (Phi) is 6.50. The van der Waals surface area contributed by atoms with E-state index in [2.05, 4.69) is 12.2 Å². The average Bonchev–Trinajstić information content (AvgIpc) is 2.82. The van der Waals surface area contributed by atoms with Crippen LogP contribution >= 0.6 is 0 Å². The lowest BCUT2D eigenvalue weighted by atomic mass is 9.48. The molecule has 0 radical (unpaired) electrons. The summed E-state index contributed by atoms with van der Waals surface area (Å²) in [7, 11) is -2.26. The van der Waals surface area contributed by atoms with E-state index in [0.717, 1.165) is 17.8 Å². The van der Waals surface area contributed by atoms with Crippen LogP contribution in [0.4, 0.5) is 0 Å². The number of hydrogen-bond donors (Lipinski definition) is 1. The minimum absolute atomic E-state index is 0.112. The molecule has 4 aliphatic carbocycles. The number of amides is 1. The normalized spacial score (nSPS) is 32.1. The Hall–Kier alpha value is -1.90. The van der Waals surface area contributed by atoms with Gasteiger partial charge in [-0.3, -0.25) is 4.79 Å². The summed E-state index contributed by atoms with van der Waals surface area (Å²) >= 11 is 0. The van der Waals surface area contributed by atoms with Crippen molar-refractivity contribution in [2.45, 2.75) is 56.4 Å². The number of nitrogens with one attached hydrogen (secondary N) is 1. The molecule has 0 spiro atoms. The maximum absolute atomic E-state index is 13.2. The third kappa shape index (κ3) is 4.52. The van der Waals surface area contributed by atoms with Gasteiger partial charge in [-0.25, -0.2) is 8.42 Å². The third-order valence-electron chi connectivity index (χ3n) is 8.57. The average molecular weight is 489 g/mol. The van der Waals surface area contributed by atoms with Crippen LogP contribution in [0.3, 0.4) is 0 Å². The number of carbonyl (C=O) groups is 1. The van der Waals surface area contributed by atoms with Crippen LogP contribution in [-0.2, 0) is 19.6 Å². The van der Waals surface area contributed by atoms with E-state index in [-0.39, 0.29) is 22.3 Å². The highest BCUT2D eigenvalue weighted by Gasteiger charge is 2.53. The molecule has 4 bridgehead atoms. The summed E-state index contributed by atoms with van der Waals surface area (Å²) in [5.41, 5.74) is 0.892. The van der Waals surface area contributed by atoms with E-state index in [1.165, 1.54) is 56.0 Å². The van der Waals surface area contributed by atoms with Crippen molar-refractivity contribution >= 4 is 22.0 Å². The van der Waals surface area contributed by atoms with Crippen molar-refractivity contribution in [3.63, 3.8) is 0 Å². The van der Waals surface area contributed by atoms with Gasteiger partial charge in [0.1, 0.15) is 10.6 Å². The summed E-state index contributed by atoms with van der Waals surface area (Å²) in [6.45, 7) is 3.55. The zero-order chi connectivity index (χ0) is 23.9. The lowest BCUT2D eigenvalue weighted by Gasteiger charge is -2.59. The largest absolute Gasteiger partial charge is 0.495 e. The first-order valence-corrected chi connectivity index (χ1v) is 14.0. The van der Waals surface area contributed by atoms with Crippen molar-refractivity contribution in [1.82, 2.24) is 9.62 Å². The van der Waals surface area contributed by atoms with Crippen LogP contribution in [-0.4, -0.2) is 58.1 Å². The number of hydrogen-bond acceptors (Lipinski definition) is 5. The Labute approximate surface area is 202 Å². The van der Waals surface area contributed by atoms with E-state index in [1.54, 1.807) is 24.3 Å². The minimum atomic E-state index is -3.72. The second-order valence-corrected chi connectivity index (χ2v) is 12.7. The van der Waals surface area contributed by atoms with Crippen LogP contribution in [0.1, 0.15) is 51.0 Å². The van der Waals surface area contributed by atoms with E-state index in [9.17, 15) is 13.2 Å². The van der Waals surface area contributed by atoms with Gasteiger partial charge in [-0.05, 0) is 92.4 Å². The predicted octanol–water partition coefficient (Wildman–Crippen LogP) is 3.45. The Bertz CT molecular complexity index is 1030. The fourth-order valence-corrected chi connectivity index (χ4v) is 8.82. The third-order valence-corrected chi connectivity index (χ3v) is 10.5. The number of methoxy groups -OCH3 is 1. The van der Waals surface area contributed by atoms with Gasteiger partial charge in [0.25, 0.3) is 0 Å².